The molecule has 2 heterocycles. The molecule has 1 aliphatic carbocycles. The number of rotatable bonds is 6. The maximum atomic E-state index is 12.5. The predicted octanol–water partition coefficient (Wildman–Crippen LogP) is 3.15. The van der Waals surface area contributed by atoms with Gasteiger partial charge in [-0.15, -0.1) is 11.3 Å². The number of nitrogens with zero attached hydrogens (tertiary/aromatic N) is 2. The van der Waals surface area contributed by atoms with Crippen LogP contribution in [-0.4, -0.2) is 41.9 Å². The van der Waals surface area contributed by atoms with Crippen molar-refractivity contribution in [2.24, 2.45) is 5.92 Å². The number of fused-ring (bicyclic) bond motifs is 1. The van der Waals surface area contributed by atoms with E-state index >= 15 is 0 Å². The van der Waals surface area contributed by atoms with Gasteiger partial charge < -0.3 is 15.4 Å². The van der Waals surface area contributed by atoms with E-state index in [2.05, 4.69) is 20.5 Å². The van der Waals surface area contributed by atoms with Crippen LogP contribution in [0.15, 0.2) is 18.2 Å². The lowest BCUT2D eigenvalue weighted by Crippen LogP contribution is -2.36. The number of carbonyl (C=O) groups excluding carboxylic acids is 2. The Labute approximate surface area is 172 Å². The van der Waals surface area contributed by atoms with E-state index in [1.54, 1.807) is 25.3 Å². The van der Waals surface area contributed by atoms with Gasteiger partial charge >= 0.3 is 0 Å². The van der Waals surface area contributed by atoms with Crippen LogP contribution in [0.5, 0.6) is 5.75 Å². The number of nitrogens with one attached hydrogen (secondary N) is 2. The van der Waals surface area contributed by atoms with E-state index in [0.717, 1.165) is 36.4 Å². The van der Waals surface area contributed by atoms with E-state index in [4.69, 9.17) is 16.3 Å². The van der Waals surface area contributed by atoms with Gasteiger partial charge in [0.25, 0.3) is 0 Å². The number of amides is 2. The fourth-order valence-corrected chi connectivity index (χ4v) is 4.39. The molecule has 0 spiro atoms. The van der Waals surface area contributed by atoms with Gasteiger partial charge in [0, 0.05) is 35.3 Å². The number of hydrogen-bond donors (Lipinski definition) is 2. The van der Waals surface area contributed by atoms with Gasteiger partial charge in [-0.05, 0) is 31.0 Å². The first-order valence-electron chi connectivity index (χ1n) is 9.17. The van der Waals surface area contributed by atoms with Gasteiger partial charge in [-0.25, -0.2) is 4.98 Å². The quantitative estimate of drug-likeness (QED) is 0.750. The second-order valence-electron chi connectivity index (χ2n) is 7.01. The van der Waals surface area contributed by atoms with Crippen molar-refractivity contribution in [2.45, 2.75) is 25.8 Å². The van der Waals surface area contributed by atoms with Crippen molar-refractivity contribution in [3.63, 3.8) is 0 Å². The number of anilines is 2. The molecule has 28 heavy (non-hydrogen) atoms. The maximum absolute atomic E-state index is 12.5. The first-order valence-corrected chi connectivity index (χ1v) is 10.4. The molecule has 2 aromatic rings. The normalized spacial score (nSPS) is 16.4. The Morgan fingerprint density at radius 1 is 1.36 bits per heavy atom. The third-order valence-electron chi connectivity index (χ3n) is 4.79. The molecule has 4 rings (SSSR count). The number of ether oxygens (including phenoxy) is 1. The molecule has 9 heteroatoms. The van der Waals surface area contributed by atoms with Crippen LogP contribution < -0.4 is 15.4 Å². The summed E-state index contributed by atoms with van der Waals surface area (Å²) in [5, 5.41) is 6.97. The second kappa shape index (κ2) is 8.06. The Hall–Kier alpha value is -2.16. The zero-order chi connectivity index (χ0) is 19.7. The molecule has 1 saturated carbocycles. The summed E-state index contributed by atoms with van der Waals surface area (Å²) in [7, 11) is 1.55. The number of hydrogen-bond acceptors (Lipinski definition) is 6. The van der Waals surface area contributed by atoms with Crippen molar-refractivity contribution in [3.8, 4) is 5.75 Å². The lowest BCUT2D eigenvalue weighted by atomic mass is 10.2. The van der Waals surface area contributed by atoms with Crippen molar-refractivity contribution >= 4 is 45.6 Å². The van der Waals surface area contributed by atoms with Crippen molar-refractivity contribution in [1.29, 1.82) is 0 Å². The standard InChI is InChI=1S/C19H21ClN4O3S/c1-27-15-5-4-12(20)8-14(15)21-17(25)10-24-7-6-13-16(9-24)28-19(22-13)23-18(26)11-2-3-11/h4-5,8,11H,2-3,6-7,9-10H2,1H3,(H,21,25)(H,22,23,26). The van der Waals surface area contributed by atoms with Crippen LogP contribution in [-0.2, 0) is 22.6 Å². The highest BCUT2D eigenvalue weighted by atomic mass is 35.5. The molecular formula is C19H21ClN4O3S. The third-order valence-corrected chi connectivity index (χ3v) is 6.02. The fraction of sp³-hybridized carbons (Fsp3) is 0.421. The van der Waals surface area contributed by atoms with Crippen molar-refractivity contribution < 1.29 is 14.3 Å². The second-order valence-corrected chi connectivity index (χ2v) is 8.53. The predicted molar refractivity (Wildman–Crippen MR) is 109 cm³/mol. The molecule has 2 N–H and O–H groups in total. The van der Waals surface area contributed by atoms with Crippen LogP contribution in [0.4, 0.5) is 10.8 Å². The number of carbonyl (C=O) groups is 2. The van der Waals surface area contributed by atoms with Gasteiger partial charge in [0.15, 0.2) is 5.13 Å². The van der Waals surface area contributed by atoms with E-state index in [9.17, 15) is 9.59 Å². The highest BCUT2D eigenvalue weighted by Crippen LogP contribution is 2.33. The molecule has 2 aliphatic rings. The number of methoxy groups -OCH3 is 1. The highest BCUT2D eigenvalue weighted by molar-refractivity contribution is 7.15. The van der Waals surface area contributed by atoms with Crippen LogP contribution in [0.25, 0.3) is 0 Å². The van der Waals surface area contributed by atoms with Crippen LogP contribution >= 0.6 is 22.9 Å². The minimum atomic E-state index is -0.129. The lowest BCUT2D eigenvalue weighted by molar-refractivity contribution is -0.118. The summed E-state index contributed by atoms with van der Waals surface area (Å²) in [5.74, 6) is 0.662. The fourth-order valence-electron chi connectivity index (χ4n) is 3.16. The third kappa shape index (κ3) is 4.45. The van der Waals surface area contributed by atoms with Gasteiger partial charge in [0.05, 0.1) is 25.0 Å². The summed E-state index contributed by atoms with van der Waals surface area (Å²) in [4.78, 5) is 32.1. The zero-order valence-electron chi connectivity index (χ0n) is 15.5. The molecule has 0 atom stereocenters. The largest absolute Gasteiger partial charge is 0.495 e. The Bertz CT molecular complexity index is 913. The lowest BCUT2D eigenvalue weighted by Gasteiger charge is -2.25. The summed E-state index contributed by atoms with van der Waals surface area (Å²) >= 11 is 7.51. The van der Waals surface area contributed by atoms with Gasteiger partial charge in [-0.2, -0.15) is 0 Å². The Balaban J connectivity index is 1.35. The van der Waals surface area contributed by atoms with E-state index in [1.807, 2.05) is 0 Å². The molecule has 0 saturated heterocycles. The molecule has 1 fully saturated rings. The molecule has 1 aromatic heterocycles. The van der Waals surface area contributed by atoms with Crippen molar-refractivity contribution in [3.05, 3.63) is 33.8 Å². The van der Waals surface area contributed by atoms with Crippen molar-refractivity contribution in [1.82, 2.24) is 9.88 Å². The average Bonchev–Trinajstić information content (AvgIpc) is 3.43. The summed E-state index contributed by atoms with van der Waals surface area (Å²) in [5.41, 5.74) is 1.57. The summed E-state index contributed by atoms with van der Waals surface area (Å²) in [6.45, 7) is 1.65. The van der Waals surface area contributed by atoms with E-state index in [-0.39, 0.29) is 24.3 Å². The monoisotopic (exact) mass is 420 g/mol. The molecule has 2 amide bonds. The summed E-state index contributed by atoms with van der Waals surface area (Å²) in [6.07, 6.45) is 2.70. The van der Waals surface area contributed by atoms with E-state index < -0.39 is 0 Å². The average molecular weight is 421 g/mol. The molecule has 1 aromatic carbocycles. The van der Waals surface area contributed by atoms with Crippen LogP contribution in [0, 0.1) is 5.92 Å². The first kappa shape index (κ1) is 19.2. The van der Waals surface area contributed by atoms with Crippen molar-refractivity contribution in [2.75, 3.05) is 30.8 Å². The molecule has 0 unspecified atom stereocenters. The smallest absolute Gasteiger partial charge is 0.238 e. The Morgan fingerprint density at radius 3 is 2.93 bits per heavy atom. The SMILES string of the molecule is COc1ccc(Cl)cc1NC(=O)CN1CCc2nc(NC(=O)C3CC3)sc2C1. The number of thiazole rings is 1. The van der Waals surface area contributed by atoms with Crippen LogP contribution in [0.3, 0.4) is 0 Å². The molecular weight excluding hydrogens is 400 g/mol. The molecule has 0 radical (unpaired) electrons. The molecule has 1 aliphatic heterocycles. The maximum Gasteiger partial charge on any atom is 0.238 e. The zero-order valence-corrected chi connectivity index (χ0v) is 17.0. The van der Waals surface area contributed by atoms with E-state index in [1.165, 1.54) is 11.3 Å². The minimum Gasteiger partial charge on any atom is -0.495 e. The minimum absolute atomic E-state index is 0.0674. The number of benzene rings is 1. The van der Waals surface area contributed by atoms with Crippen LogP contribution in [0.1, 0.15) is 23.4 Å². The summed E-state index contributed by atoms with van der Waals surface area (Å²) < 4.78 is 5.27. The summed E-state index contributed by atoms with van der Waals surface area (Å²) in [6, 6.07) is 5.11. The van der Waals surface area contributed by atoms with Gasteiger partial charge in [-0.1, -0.05) is 11.6 Å². The molecule has 148 valence electrons. The molecule has 0 bridgehead atoms. The van der Waals surface area contributed by atoms with Gasteiger partial charge in [-0.3, -0.25) is 14.5 Å². The number of aromatic nitrogens is 1. The first-order chi connectivity index (χ1) is 13.5. The topological polar surface area (TPSA) is 83.6 Å². The van der Waals surface area contributed by atoms with E-state index in [0.29, 0.717) is 28.1 Å². The highest BCUT2D eigenvalue weighted by Gasteiger charge is 2.31. The Morgan fingerprint density at radius 2 is 2.18 bits per heavy atom. The van der Waals surface area contributed by atoms with Crippen LogP contribution in [0.2, 0.25) is 5.02 Å². The number of halogens is 1. The Kier molecular flexibility index (Phi) is 5.52. The van der Waals surface area contributed by atoms with Gasteiger partial charge in [0.1, 0.15) is 5.75 Å². The molecule has 7 nitrogen and oxygen atoms in total. The van der Waals surface area contributed by atoms with Gasteiger partial charge in [0.2, 0.25) is 11.8 Å².